The molecule has 0 saturated heterocycles. The maximum Gasteiger partial charge on any atom is 0.245 e. The van der Waals surface area contributed by atoms with E-state index in [1.54, 1.807) is 11.9 Å². The van der Waals surface area contributed by atoms with Crippen molar-refractivity contribution in [1.82, 2.24) is 15.1 Å². The van der Waals surface area contributed by atoms with E-state index in [2.05, 4.69) is 5.32 Å². The van der Waals surface area contributed by atoms with Gasteiger partial charge in [-0.05, 0) is 31.8 Å². The van der Waals surface area contributed by atoms with Crippen molar-refractivity contribution in [2.24, 2.45) is 23.5 Å². The van der Waals surface area contributed by atoms with Crippen LogP contribution in [0.5, 0.6) is 0 Å². The maximum atomic E-state index is 13.6. The van der Waals surface area contributed by atoms with Crippen LogP contribution in [-0.4, -0.2) is 80.0 Å². The lowest BCUT2D eigenvalue weighted by molar-refractivity contribution is -0.144. The SMILES string of the molecule is CCC(C)[C@H](NC(=O)[C@H](C(C)C)N(C)C)C(=O)N(C)[C@@H]([C@@H](C)CC)[C@@H](CC(N)=O)OC. The quantitative estimate of drug-likeness (QED) is 0.427. The highest BCUT2D eigenvalue weighted by molar-refractivity contribution is 5.90. The van der Waals surface area contributed by atoms with Crippen LogP contribution in [0.4, 0.5) is 0 Å². The van der Waals surface area contributed by atoms with Crippen LogP contribution in [0.3, 0.4) is 0 Å². The summed E-state index contributed by atoms with van der Waals surface area (Å²) in [6.45, 7) is 12.0. The molecule has 0 aromatic heterocycles. The third-order valence-electron chi connectivity index (χ3n) is 6.34. The summed E-state index contributed by atoms with van der Waals surface area (Å²) in [5, 5.41) is 3.02. The Bertz CT molecular complexity index is 574. The first-order valence-electron chi connectivity index (χ1n) is 11.4. The smallest absolute Gasteiger partial charge is 0.245 e. The summed E-state index contributed by atoms with van der Waals surface area (Å²) < 4.78 is 5.58. The van der Waals surface area contributed by atoms with Gasteiger partial charge in [-0.1, -0.05) is 54.4 Å². The van der Waals surface area contributed by atoms with Crippen LogP contribution in [0.1, 0.15) is 60.8 Å². The summed E-state index contributed by atoms with van der Waals surface area (Å²) in [4.78, 5) is 41.8. The Kier molecular flexibility index (Phi) is 12.9. The number of hydrogen-bond acceptors (Lipinski definition) is 5. The Morgan fingerprint density at radius 1 is 0.968 bits per heavy atom. The molecular weight excluding hydrogens is 396 g/mol. The molecule has 1 unspecified atom stereocenters. The normalized spacial score (nSPS) is 17.5. The number of methoxy groups -OCH3 is 1. The number of rotatable bonds is 14. The second-order valence-electron chi connectivity index (χ2n) is 9.29. The molecule has 31 heavy (non-hydrogen) atoms. The zero-order valence-electron chi connectivity index (χ0n) is 21.3. The molecular formula is C23H46N4O4. The molecule has 0 spiro atoms. The molecule has 0 saturated carbocycles. The molecule has 0 aromatic rings. The van der Waals surface area contributed by atoms with Crippen molar-refractivity contribution < 1.29 is 19.1 Å². The van der Waals surface area contributed by atoms with Gasteiger partial charge in [-0.2, -0.15) is 0 Å². The third-order valence-corrected chi connectivity index (χ3v) is 6.34. The second-order valence-corrected chi connectivity index (χ2v) is 9.29. The van der Waals surface area contributed by atoms with E-state index < -0.39 is 18.1 Å². The number of nitrogens with zero attached hydrogens (tertiary/aromatic N) is 2. The maximum absolute atomic E-state index is 13.6. The number of likely N-dealkylation sites (N-methyl/N-ethyl adjacent to an activating group) is 2. The van der Waals surface area contributed by atoms with Crippen molar-refractivity contribution in [3.05, 3.63) is 0 Å². The summed E-state index contributed by atoms with van der Waals surface area (Å²) in [5.74, 6) is -0.686. The minimum atomic E-state index is -0.665. The Labute approximate surface area is 189 Å². The summed E-state index contributed by atoms with van der Waals surface area (Å²) >= 11 is 0. The van der Waals surface area contributed by atoms with Crippen LogP contribution < -0.4 is 11.1 Å². The van der Waals surface area contributed by atoms with Crippen molar-refractivity contribution in [3.8, 4) is 0 Å². The highest BCUT2D eigenvalue weighted by Gasteiger charge is 2.38. The summed E-state index contributed by atoms with van der Waals surface area (Å²) in [6, 6.07) is -1.34. The van der Waals surface area contributed by atoms with E-state index in [1.165, 1.54) is 7.11 Å². The molecule has 0 aliphatic carbocycles. The van der Waals surface area contributed by atoms with Crippen molar-refractivity contribution in [3.63, 3.8) is 0 Å². The highest BCUT2D eigenvalue weighted by Crippen LogP contribution is 2.23. The number of carbonyl (C=O) groups is 3. The first-order chi connectivity index (χ1) is 14.3. The van der Waals surface area contributed by atoms with Crippen LogP contribution in [0.15, 0.2) is 0 Å². The third kappa shape index (κ3) is 8.41. The zero-order chi connectivity index (χ0) is 24.5. The highest BCUT2D eigenvalue weighted by atomic mass is 16.5. The fourth-order valence-electron chi connectivity index (χ4n) is 4.20. The minimum absolute atomic E-state index is 0.0273. The Balaban J connectivity index is 5.94. The van der Waals surface area contributed by atoms with Gasteiger partial charge in [0.15, 0.2) is 0 Å². The van der Waals surface area contributed by atoms with Crippen LogP contribution in [0, 0.1) is 17.8 Å². The minimum Gasteiger partial charge on any atom is -0.379 e. The van der Waals surface area contributed by atoms with Crippen molar-refractivity contribution in [2.45, 2.75) is 85.0 Å². The van der Waals surface area contributed by atoms with Gasteiger partial charge in [-0.25, -0.2) is 0 Å². The van der Waals surface area contributed by atoms with E-state index in [0.717, 1.165) is 12.8 Å². The molecule has 0 radical (unpaired) electrons. The molecule has 0 aliphatic heterocycles. The van der Waals surface area contributed by atoms with E-state index in [4.69, 9.17) is 10.5 Å². The van der Waals surface area contributed by atoms with Gasteiger partial charge in [-0.15, -0.1) is 0 Å². The number of primary amides is 1. The number of hydrogen-bond donors (Lipinski definition) is 2. The molecule has 0 fully saturated rings. The van der Waals surface area contributed by atoms with Crippen LogP contribution >= 0.6 is 0 Å². The first-order valence-corrected chi connectivity index (χ1v) is 11.4. The predicted molar refractivity (Wildman–Crippen MR) is 124 cm³/mol. The molecule has 8 nitrogen and oxygen atoms in total. The first kappa shape index (κ1) is 29.3. The Morgan fingerprint density at radius 2 is 1.48 bits per heavy atom. The molecule has 3 N–H and O–H groups in total. The molecule has 182 valence electrons. The van der Waals surface area contributed by atoms with Gasteiger partial charge in [0.25, 0.3) is 0 Å². The number of carbonyl (C=O) groups excluding carboxylic acids is 3. The molecule has 6 atom stereocenters. The monoisotopic (exact) mass is 442 g/mol. The van der Waals surface area contributed by atoms with Crippen LogP contribution in [0.2, 0.25) is 0 Å². The van der Waals surface area contributed by atoms with Gasteiger partial charge in [0.05, 0.1) is 24.6 Å². The Morgan fingerprint density at radius 3 is 1.84 bits per heavy atom. The lowest BCUT2D eigenvalue weighted by Crippen LogP contribution is -2.59. The van der Waals surface area contributed by atoms with E-state index in [1.807, 2.05) is 60.5 Å². The number of ether oxygens (including phenoxy) is 1. The largest absolute Gasteiger partial charge is 0.379 e. The molecule has 0 aliphatic rings. The van der Waals surface area contributed by atoms with E-state index >= 15 is 0 Å². The van der Waals surface area contributed by atoms with Gasteiger partial charge in [0.1, 0.15) is 6.04 Å². The lowest BCUT2D eigenvalue weighted by Gasteiger charge is -2.40. The van der Waals surface area contributed by atoms with Crippen molar-refractivity contribution in [1.29, 1.82) is 0 Å². The van der Waals surface area contributed by atoms with Crippen molar-refractivity contribution >= 4 is 17.7 Å². The van der Waals surface area contributed by atoms with E-state index in [0.29, 0.717) is 0 Å². The van der Waals surface area contributed by atoms with Crippen molar-refractivity contribution in [2.75, 3.05) is 28.3 Å². The summed E-state index contributed by atoms with van der Waals surface area (Å²) in [5.41, 5.74) is 5.43. The second kappa shape index (κ2) is 13.7. The number of amides is 3. The predicted octanol–water partition coefficient (Wildman–Crippen LogP) is 1.87. The molecule has 0 heterocycles. The van der Waals surface area contributed by atoms with Gasteiger partial charge in [0.2, 0.25) is 17.7 Å². The fourth-order valence-corrected chi connectivity index (χ4v) is 4.20. The topological polar surface area (TPSA) is 105 Å². The standard InChI is InChI=1S/C23H46N4O4/c1-11-15(5)19(25-22(29)20(14(3)4)26(7)8)23(30)27(9)21(16(6)12-2)17(31-10)13-18(24)28/h14-17,19-21H,11-13H2,1-10H3,(H2,24,28)(H,25,29)/t15?,16-,17+,19-,20-,21-/m0/s1. The summed E-state index contributed by atoms with van der Waals surface area (Å²) in [7, 11) is 6.98. The number of nitrogens with two attached hydrogens (primary N) is 1. The molecule has 3 amide bonds. The molecule has 8 heteroatoms. The fraction of sp³-hybridized carbons (Fsp3) is 0.870. The summed E-state index contributed by atoms with van der Waals surface area (Å²) in [6.07, 6.45) is 1.05. The van der Waals surface area contributed by atoms with Crippen LogP contribution in [0.25, 0.3) is 0 Å². The van der Waals surface area contributed by atoms with Crippen LogP contribution in [-0.2, 0) is 19.1 Å². The number of nitrogens with one attached hydrogen (secondary N) is 1. The Hall–Kier alpha value is -1.67. The van der Waals surface area contributed by atoms with E-state index in [-0.39, 0.29) is 48.1 Å². The van der Waals surface area contributed by atoms with Gasteiger partial charge >= 0.3 is 0 Å². The molecule has 0 bridgehead atoms. The van der Waals surface area contributed by atoms with Gasteiger partial charge in [-0.3, -0.25) is 19.3 Å². The molecule has 0 aromatic carbocycles. The van der Waals surface area contributed by atoms with Gasteiger partial charge in [0, 0.05) is 14.2 Å². The zero-order valence-corrected chi connectivity index (χ0v) is 21.3. The average molecular weight is 443 g/mol. The average Bonchev–Trinajstić information content (AvgIpc) is 2.68. The van der Waals surface area contributed by atoms with E-state index in [9.17, 15) is 14.4 Å². The molecule has 0 rings (SSSR count). The van der Waals surface area contributed by atoms with Gasteiger partial charge < -0.3 is 20.7 Å². The lowest BCUT2D eigenvalue weighted by atomic mass is 9.89.